The van der Waals surface area contributed by atoms with Gasteiger partial charge in [0.05, 0.1) is 12.2 Å². The molecule has 2 heteroatoms. The van der Waals surface area contributed by atoms with Gasteiger partial charge >= 0.3 is 0 Å². The lowest BCUT2D eigenvalue weighted by Gasteiger charge is -2.49. The zero-order valence-electron chi connectivity index (χ0n) is 9.68. The molecule has 0 bridgehead atoms. The van der Waals surface area contributed by atoms with Crippen molar-refractivity contribution in [3.63, 3.8) is 0 Å². The maximum absolute atomic E-state index is 6.01. The van der Waals surface area contributed by atoms with Crippen LogP contribution in [0.1, 0.15) is 41.5 Å². The van der Waals surface area contributed by atoms with Crippen molar-refractivity contribution in [3.8, 4) is 0 Å². The number of rotatable bonds is 1. The van der Waals surface area contributed by atoms with E-state index in [1.54, 1.807) is 0 Å². The van der Waals surface area contributed by atoms with Crippen LogP contribution in [0, 0.1) is 11.8 Å². The molecule has 2 atom stereocenters. The van der Waals surface area contributed by atoms with Crippen LogP contribution in [-0.2, 0) is 9.47 Å². The van der Waals surface area contributed by atoms with E-state index < -0.39 is 5.79 Å². The average molecular weight is 186 g/mol. The molecule has 0 aromatic carbocycles. The zero-order valence-corrected chi connectivity index (χ0v) is 9.68. The predicted molar refractivity (Wildman–Crippen MR) is 53.5 cm³/mol. The highest BCUT2D eigenvalue weighted by atomic mass is 16.7. The number of hydrogen-bond donors (Lipinski definition) is 0. The maximum atomic E-state index is 6.01. The third-order valence-corrected chi connectivity index (χ3v) is 3.27. The van der Waals surface area contributed by atoms with Crippen molar-refractivity contribution >= 4 is 0 Å². The third-order valence-electron chi connectivity index (χ3n) is 3.27. The van der Waals surface area contributed by atoms with E-state index in [0.717, 1.165) is 6.61 Å². The molecule has 0 amide bonds. The summed E-state index contributed by atoms with van der Waals surface area (Å²) in [5.74, 6) is 0.553. The molecule has 2 nitrogen and oxygen atoms in total. The molecule has 1 rings (SSSR count). The van der Waals surface area contributed by atoms with Gasteiger partial charge < -0.3 is 9.47 Å². The van der Waals surface area contributed by atoms with Gasteiger partial charge in [0, 0.05) is 5.92 Å². The minimum atomic E-state index is -0.425. The van der Waals surface area contributed by atoms with Crippen molar-refractivity contribution in [2.45, 2.75) is 52.9 Å². The van der Waals surface area contributed by atoms with Gasteiger partial charge in [-0.25, -0.2) is 0 Å². The molecule has 1 heterocycles. The smallest absolute Gasteiger partial charge is 0.163 e. The second-order valence-corrected chi connectivity index (χ2v) is 5.05. The SMILES string of the molecule is CC(C)C1(C)OC(C)(C)OCC1C. The first-order valence-electron chi connectivity index (χ1n) is 5.12. The van der Waals surface area contributed by atoms with Crippen molar-refractivity contribution in [2.75, 3.05) is 6.61 Å². The van der Waals surface area contributed by atoms with E-state index in [1.807, 2.05) is 13.8 Å². The Bertz CT molecular complexity index is 187. The number of hydrogen-bond acceptors (Lipinski definition) is 2. The second-order valence-electron chi connectivity index (χ2n) is 5.05. The Morgan fingerprint density at radius 1 is 1.23 bits per heavy atom. The molecule has 2 unspecified atom stereocenters. The van der Waals surface area contributed by atoms with Gasteiger partial charge in [-0.3, -0.25) is 0 Å². The van der Waals surface area contributed by atoms with Gasteiger partial charge in [0.1, 0.15) is 0 Å². The van der Waals surface area contributed by atoms with Crippen molar-refractivity contribution in [3.05, 3.63) is 0 Å². The Morgan fingerprint density at radius 2 is 1.77 bits per heavy atom. The first-order chi connectivity index (χ1) is 5.78. The van der Waals surface area contributed by atoms with Crippen LogP contribution in [0.25, 0.3) is 0 Å². The van der Waals surface area contributed by atoms with Gasteiger partial charge in [0.15, 0.2) is 5.79 Å². The van der Waals surface area contributed by atoms with Crippen LogP contribution in [0.3, 0.4) is 0 Å². The highest BCUT2D eigenvalue weighted by Crippen LogP contribution is 2.39. The van der Waals surface area contributed by atoms with Gasteiger partial charge in [-0.2, -0.15) is 0 Å². The highest BCUT2D eigenvalue weighted by Gasteiger charge is 2.45. The van der Waals surface area contributed by atoms with E-state index in [1.165, 1.54) is 0 Å². The van der Waals surface area contributed by atoms with E-state index in [4.69, 9.17) is 9.47 Å². The molecule has 0 aromatic rings. The molecule has 0 aromatic heterocycles. The predicted octanol–water partition coefficient (Wildman–Crippen LogP) is 2.82. The van der Waals surface area contributed by atoms with Crippen molar-refractivity contribution in [1.82, 2.24) is 0 Å². The molecule has 0 aliphatic carbocycles. The van der Waals surface area contributed by atoms with Gasteiger partial charge in [-0.05, 0) is 26.7 Å². The minimum Gasteiger partial charge on any atom is -0.350 e. The first-order valence-corrected chi connectivity index (χ1v) is 5.12. The molecule has 13 heavy (non-hydrogen) atoms. The molecule has 0 radical (unpaired) electrons. The molecule has 1 saturated heterocycles. The standard InChI is InChI=1S/C11H22O2/c1-8(2)11(6)9(3)7-12-10(4,5)13-11/h8-9H,7H2,1-6H3. The number of ether oxygens (including phenoxy) is 2. The summed E-state index contributed by atoms with van der Waals surface area (Å²) in [6.45, 7) is 13.6. The van der Waals surface area contributed by atoms with E-state index in [0.29, 0.717) is 11.8 Å². The van der Waals surface area contributed by atoms with E-state index in [9.17, 15) is 0 Å². The monoisotopic (exact) mass is 186 g/mol. The first kappa shape index (κ1) is 11.0. The van der Waals surface area contributed by atoms with Gasteiger partial charge in [-0.1, -0.05) is 20.8 Å². The molecule has 78 valence electrons. The van der Waals surface area contributed by atoms with Gasteiger partial charge in [0.25, 0.3) is 0 Å². The summed E-state index contributed by atoms with van der Waals surface area (Å²) in [6, 6.07) is 0. The van der Waals surface area contributed by atoms with Crippen LogP contribution in [0.15, 0.2) is 0 Å². The fourth-order valence-corrected chi connectivity index (χ4v) is 1.84. The fourth-order valence-electron chi connectivity index (χ4n) is 1.84. The van der Waals surface area contributed by atoms with Gasteiger partial charge in [0.2, 0.25) is 0 Å². The maximum Gasteiger partial charge on any atom is 0.163 e. The Hall–Kier alpha value is -0.0800. The van der Waals surface area contributed by atoms with Gasteiger partial charge in [-0.15, -0.1) is 0 Å². The molecule has 0 saturated carbocycles. The molecule has 1 fully saturated rings. The van der Waals surface area contributed by atoms with E-state index >= 15 is 0 Å². The molecule has 1 aliphatic rings. The lowest BCUT2D eigenvalue weighted by molar-refractivity contribution is -0.335. The van der Waals surface area contributed by atoms with Crippen molar-refractivity contribution in [2.24, 2.45) is 11.8 Å². The average Bonchev–Trinajstić information content (AvgIpc) is 1.97. The quantitative estimate of drug-likeness (QED) is 0.627. The van der Waals surface area contributed by atoms with Crippen molar-refractivity contribution in [1.29, 1.82) is 0 Å². The lowest BCUT2D eigenvalue weighted by atomic mass is 9.80. The summed E-state index contributed by atoms with van der Waals surface area (Å²) >= 11 is 0. The summed E-state index contributed by atoms with van der Waals surface area (Å²) in [7, 11) is 0. The highest BCUT2D eigenvalue weighted by molar-refractivity contribution is 4.89. The second kappa shape index (κ2) is 3.25. The molecule has 0 N–H and O–H groups in total. The van der Waals surface area contributed by atoms with Crippen LogP contribution in [0.4, 0.5) is 0 Å². The summed E-state index contributed by atoms with van der Waals surface area (Å²) in [5.41, 5.74) is -0.0538. The molecule has 0 spiro atoms. The Balaban J connectivity index is 2.82. The van der Waals surface area contributed by atoms with Crippen LogP contribution < -0.4 is 0 Å². The van der Waals surface area contributed by atoms with Crippen LogP contribution >= 0.6 is 0 Å². The summed E-state index contributed by atoms with van der Waals surface area (Å²) in [5, 5.41) is 0. The largest absolute Gasteiger partial charge is 0.350 e. The van der Waals surface area contributed by atoms with E-state index in [-0.39, 0.29) is 5.60 Å². The lowest BCUT2D eigenvalue weighted by Crippen LogP contribution is -2.55. The van der Waals surface area contributed by atoms with Crippen LogP contribution in [0.5, 0.6) is 0 Å². The summed E-state index contributed by atoms with van der Waals surface area (Å²) < 4.78 is 11.6. The summed E-state index contributed by atoms with van der Waals surface area (Å²) in [4.78, 5) is 0. The summed E-state index contributed by atoms with van der Waals surface area (Å²) in [6.07, 6.45) is 0. The Labute approximate surface area is 81.6 Å². The molecular weight excluding hydrogens is 164 g/mol. The molecule has 1 aliphatic heterocycles. The Kier molecular flexibility index (Phi) is 2.75. The van der Waals surface area contributed by atoms with Crippen molar-refractivity contribution < 1.29 is 9.47 Å². The van der Waals surface area contributed by atoms with E-state index in [2.05, 4.69) is 27.7 Å². The zero-order chi connectivity index (χ0) is 10.3. The topological polar surface area (TPSA) is 18.5 Å². The van der Waals surface area contributed by atoms with Crippen LogP contribution in [-0.4, -0.2) is 18.0 Å². The Morgan fingerprint density at radius 3 is 2.15 bits per heavy atom. The minimum absolute atomic E-state index is 0.0538. The molecular formula is C11H22O2. The van der Waals surface area contributed by atoms with Crippen LogP contribution in [0.2, 0.25) is 0 Å². The third kappa shape index (κ3) is 2.05. The normalized spacial score (nSPS) is 39.5. The fraction of sp³-hybridized carbons (Fsp3) is 1.00.